The molecule has 3 heteroatoms. The van der Waals surface area contributed by atoms with Crippen LogP contribution in [0.15, 0.2) is 0 Å². The van der Waals surface area contributed by atoms with E-state index in [1.807, 2.05) is 0 Å². The Labute approximate surface area is 48.5 Å². The Morgan fingerprint density at radius 3 is 2.00 bits per heavy atom. The molecule has 0 aliphatic heterocycles. The van der Waals surface area contributed by atoms with E-state index in [1.54, 1.807) is 6.92 Å². The number of aliphatic hydroxyl groups excluding tert-OH is 1. The molecule has 0 aliphatic rings. The van der Waals surface area contributed by atoms with Crippen LogP contribution in [0.5, 0.6) is 0 Å². The number of rotatable bonds is 2. The molecule has 2 atom stereocenters. The fourth-order valence-electron chi connectivity index (χ4n) is 0.380. The van der Waals surface area contributed by atoms with E-state index in [9.17, 15) is 4.79 Å². The summed E-state index contributed by atoms with van der Waals surface area (Å²) in [7, 11) is 0. The van der Waals surface area contributed by atoms with Crippen LogP contribution in [-0.4, -0.2) is 23.0 Å². The van der Waals surface area contributed by atoms with Gasteiger partial charge < -0.3 is 10.8 Å². The van der Waals surface area contributed by atoms with Crippen molar-refractivity contribution in [3.8, 4) is 0 Å². The average molecular weight is 117 g/mol. The number of hydrogen-bond donors (Lipinski definition) is 2. The zero-order chi connectivity index (χ0) is 6.73. The van der Waals surface area contributed by atoms with Crippen molar-refractivity contribution in [2.24, 2.45) is 5.73 Å². The minimum atomic E-state index is -0.921. The van der Waals surface area contributed by atoms with E-state index in [2.05, 4.69) is 0 Å². The maximum Gasteiger partial charge on any atom is 0.177 e. The van der Waals surface area contributed by atoms with Crippen LogP contribution in [0.2, 0.25) is 0 Å². The molecule has 0 fully saturated rings. The highest BCUT2D eigenvalue weighted by Crippen LogP contribution is 1.86. The standard InChI is InChI=1S/C5H11NO2/c1-3(6)5(8)4(2)7/h3-4,7H,6H2,1-2H3. The van der Waals surface area contributed by atoms with Gasteiger partial charge in [-0.25, -0.2) is 0 Å². The monoisotopic (exact) mass is 117 g/mol. The predicted octanol–water partition coefficient (Wildman–Crippen LogP) is -0.716. The number of carbonyl (C=O) groups is 1. The Morgan fingerprint density at radius 2 is 2.00 bits per heavy atom. The summed E-state index contributed by atoms with van der Waals surface area (Å²) in [4.78, 5) is 10.5. The van der Waals surface area contributed by atoms with Crippen LogP contribution in [0, 0.1) is 0 Å². The number of carbonyl (C=O) groups excluding carboxylic acids is 1. The van der Waals surface area contributed by atoms with E-state index in [4.69, 9.17) is 10.8 Å². The lowest BCUT2D eigenvalue weighted by Crippen LogP contribution is -2.34. The van der Waals surface area contributed by atoms with Crippen LogP contribution in [0.25, 0.3) is 0 Å². The smallest absolute Gasteiger partial charge is 0.177 e. The van der Waals surface area contributed by atoms with Gasteiger partial charge in [-0.1, -0.05) is 0 Å². The molecule has 0 heterocycles. The van der Waals surface area contributed by atoms with E-state index >= 15 is 0 Å². The summed E-state index contributed by atoms with van der Waals surface area (Å²) in [5.41, 5.74) is 5.13. The predicted molar refractivity (Wildman–Crippen MR) is 30.3 cm³/mol. The van der Waals surface area contributed by atoms with E-state index in [0.717, 1.165) is 0 Å². The molecule has 3 N–H and O–H groups in total. The SMILES string of the molecule is CC(N)C(=O)C(C)O. The molecule has 0 saturated heterocycles. The quantitative estimate of drug-likeness (QED) is 0.502. The molecule has 0 spiro atoms. The maximum atomic E-state index is 10.5. The van der Waals surface area contributed by atoms with Crippen molar-refractivity contribution in [2.45, 2.75) is 26.0 Å². The van der Waals surface area contributed by atoms with Crippen molar-refractivity contribution in [1.29, 1.82) is 0 Å². The van der Waals surface area contributed by atoms with Crippen LogP contribution >= 0.6 is 0 Å². The molecule has 48 valence electrons. The number of nitrogens with two attached hydrogens (primary N) is 1. The van der Waals surface area contributed by atoms with Crippen LogP contribution < -0.4 is 5.73 Å². The lowest BCUT2D eigenvalue weighted by molar-refractivity contribution is -0.127. The minimum Gasteiger partial charge on any atom is -0.386 e. The van der Waals surface area contributed by atoms with Crippen molar-refractivity contribution in [3.05, 3.63) is 0 Å². The summed E-state index contributed by atoms with van der Waals surface area (Å²) < 4.78 is 0. The first kappa shape index (κ1) is 7.59. The second-order valence-corrected chi connectivity index (χ2v) is 1.87. The summed E-state index contributed by atoms with van der Waals surface area (Å²) >= 11 is 0. The summed E-state index contributed by atoms with van der Waals surface area (Å²) in [6, 6.07) is -0.546. The highest BCUT2D eigenvalue weighted by atomic mass is 16.3. The molecule has 0 radical (unpaired) electrons. The molecule has 0 aromatic heterocycles. The van der Waals surface area contributed by atoms with Crippen LogP contribution in [0.1, 0.15) is 13.8 Å². The molecule has 0 aromatic rings. The van der Waals surface area contributed by atoms with Crippen molar-refractivity contribution >= 4 is 5.78 Å². The summed E-state index contributed by atoms with van der Waals surface area (Å²) in [6.07, 6.45) is -0.921. The number of ketones is 1. The summed E-state index contributed by atoms with van der Waals surface area (Å²) in [5, 5.41) is 8.56. The second-order valence-electron chi connectivity index (χ2n) is 1.87. The zero-order valence-corrected chi connectivity index (χ0v) is 5.09. The Balaban J connectivity index is 3.65. The number of aliphatic hydroxyl groups is 1. The fraction of sp³-hybridized carbons (Fsp3) is 0.800. The molecule has 0 bridgehead atoms. The van der Waals surface area contributed by atoms with Gasteiger partial charge in [0.2, 0.25) is 0 Å². The lowest BCUT2D eigenvalue weighted by Gasteiger charge is -2.04. The van der Waals surface area contributed by atoms with Gasteiger partial charge in [0.15, 0.2) is 5.78 Å². The Kier molecular flexibility index (Phi) is 2.65. The molecular formula is C5H11NO2. The molecule has 0 aromatic carbocycles. The highest BCUT2D eigenvalue weighted by Gasteiger charge is 2.12. The first-order chi connectivity index (χ1) is 3.55. The summed E-state index contributed by atoms with van der Waals surface area (Å²) in [5.74, 6) is -0.315. The van der Waals surface area contributed by atoms with Gasteiger partial charge in [0.25, 0.3) is 0 Å². The Hall–Kier alpha value is -0.410. The summed E-state index contributed by atoms with van der Waals surface area (Å²) in [6.45, 7) is 2.96. The van der Waals surface area contributed by atoms with Gasteiger partial charge in [-0.3, -0.25) is 4.79 Å². The van der Waals surface area contributed by atoms with Crippen molar-refractivity contribution in [3.63, 3.8) is 0 Å². The molecule has 8 heavy (non-hydrogen) atoms. The molecule has 0 rings (SSSR count). The van der Waals surface area contributed by atoms with Crippen molar-refractivity contribution < 1.29 is 9.90 Å². The lowest BCUT2D eigenvalue weighted by atomic mass is 10.1. The molecular weight excluding hydrogens is 106 g/mol. The third-order valence-electron chi connectivity index (χ3n) is 0.861. The van der Waals surface area contributed by atoms with Crippen molar-refractivity contribution in [2.75, 3.05) is 0 Å². The minimum absolute atomic E-state index is 0.315. The molecule has 0 saturated carbocycles. The van der Waals surface area contributed by atoms with Gasteiger partial charge in [0.05, 0.1) is 6.04 Å². The van der Waals surface area contributed by atoms with Gasteiger partial charge in [0, 0.05) is 0 Å². The van der Waals surface area contributed by atoms with Crippen LogP contribution in [-0.2, 0) is 4.79 Å². The molecule has 2 unspecified atom stereocenters. The molecule has 0 amide bonds. The highest BCUT2D eigenvalue weighted by molar-refractivity contribution is 5.86. The van der Waals surface area contributed by atoms with Gasteiger partial charge in [0.1, 0.15) is 6.10 Å². The average Bonchev–Trinajstić information content (AvgIpc) is 1.64. The van der Waals surface area contributed by atoms with Gasteiger partial charge >= 0.3 is 0 Å². The third kappa shape index (κ3) is 2.04. The van der Waals surface area contributed by atoms with Crippen LogP contribution in [0.4, 0.5) is 0 Å². The third-order valence-corrected chi connectivity index (χ3v) is 0.861. The normalized spacial score (nSPS) is 17.5. The van der Waals surface area contributed by atoms with E-state index in [0.29, 0.717) is 0 Å². The Morgan fingerprint density at radius 1 is 1.62 bits per heavy atom. The van der Waals surface area contributed by atoms with Crippen molar-refractivity contribution in [1.82, 2.24) is 0 Å². The maximum absolute atomic E-state index is 10.5. The number of hydrogen-bond acceptors (Lipinski definition) is 3. The van der Waals surface area contributed by atoms with Gasteiger partial charge in [-0.05, 0) is 13.8 Å². The van der Waals surface area contributed by atoms with E-state index < -0.39 is 12.1 Å². The number of Topliss-reactive ketones (excluding diaryl/α,β-unsaturated/α-hetero) is 1. The fourth-order valence-corrected chi connectivity index (χ4v) is 0.380. The molecule has 3 nitrogen and oxygen atoms in total. The van der Waals surface area contributed by atoms with Gasteiger partial charge in [-0.2, -0.15) is 0 Å². The largest absolute Gasteiger partial charge is 0.386 e. The van der Waals surface area contributed by atoms with E-state index in [1.165, 1.54) is 6.92 Å². The second kappa shape index (κ2) is 2.79. The topological polar surface area (TPSA) is 63.3 Å². The zero-order valence-electron chi connectivity index (χ0n) is 5.09. The first-order valence-corrected chi connectivity index (χ1v) is 2.53. The van der Waals surface area contributed by atoms with E-state index in [-0.39, 0.29) is 5.78 Å². The first-order valence-electron chi connectivity index (χ1n) is 2.53. The van der Waals surface area contributed by atoms with Gasteiger partial charge in [-0.15, -0.1) is 0 Å². The molecule has 0 aliphatic carbocycles. The van der Waals surface area contributed by atoms with Crippen LogP contribution in [0.3, 0.4) is 0 Å². The Bertz CT molecular complexity index is 78.4.